The van der Waals surface area contributed by atoms with Crippen molar-refractivity contribution in [1.82, 2.24) is 9.55 Å². The second-order valence-electron chi connectivity index (χ2n) is 4.38. The summed E-state index contributed by atoms with van der Waals surface area (Å²) in [5, 5.41) is 0. The molecule has 4 nitrogen and oxygen atoms in total. The maximum atomic E-state index is 12.3. The number of nitrogens with two attached hydrogens (primary N) is 1. The Bertz CT molecular complexity index is 686. The van der Waals surface area contributed by atoms with Crippen LogP contribution in [-0.4, -0.2) is 9.55 Å². The smallest absolute Gasteiger partial charge is 0.273 e. The van der Waals surface area contributed by atoms with Crippen molar-refractivity contribution in [3.05, 3.63) is 49.8 Å². The Morgan fingerprint density at radius 1 is 1.32 bits per heavy atom. The minimum atomic E-state index is -0.145. The van der Waals surface area contributed by atoms with Crippen molar-refractivity contribution in [2.45, 2.75) is 13.8 Å². The van der Waals surface area contributed by atoms with Crippen LogP contribution in [0.3, 0.4) is 0 Å². The Kier molecular flexibility index (Phi) is 4.04. The maximum Gasteiger partial charge on any atom is 0.273 e. The Balaban J connectivity index is 2.69. The Hall–Kier alpha value is -1.63. The van der Waals surface area contributed by atoms with Gasteiger partial charge in [-0.25, -0.2) is 4.98 Å². The van der Waals surface area contributed by atoms with Crippen LogP contribution in [0.2, 0.25) is 0 Å². The molecule has 0 atom stereocenters. The molecule has 0 aliphatic heterocycles. The van der Waals surface area contributed by atoms with Crippen LogP contribution in [0.1, 0.15) is 13.8 Å². The second-order valence-corrected chi connectivity index (χ2v) is 5.46. The van der Waals surface area contributed by atoms with Gasteiger partial charge in [0, 0.05) is 11.8 Å². The highest BCUT2D eigenvalue weighted by Gasteiger charge is 2.13. The van der Waals surface area contributed by atoms with E-state index in [1.54, 1.807) is 6.20 Å². The Labute approximate surface area is 125 Å². The van der Waals surface area contributed by atoms with Crippen molar-refractivity contribution in [3.8, 4) is 11.3 Å². The van der Waals surface area contributed by atoms with Gasteiger partial charge in [-0.3, -0.25) is 9.36 Å². The molecule has 5 heteroatoms. The van der Waals surface area contributed by atoms with Gasteiger partial charge in [-0.15, -0.1) is 0 Å². The first-order valence-electron chi connectivity index (χ1n) is 5.78. The molecule has 2 rings (SSSR count). The number of aromatic nitrogens is 2. The number of benzene rings is 1. The summed E-state index contributed by atoms with van der Waals surface area (Å²) in [6.45, 7) is 3.81. The number of rotatable bonds is 2. The van der Waals surface area contributed by atoms with E-state index >= 15 is 0 Å². The van der Waals surface area contributed by atoms with Gasteiger partial charge in [0.2, 0.25) is 5.95 Å². The van der Waals surface area contributed by atoms with Gasteiger partial charge in [-0.1, -0.05) is 35.9 Å². The first kappa shape index (κ1) is 13.8. The van der Waals surface area contributed by atoms with Gasteiger partial charge in [0.1, 0.15) is 3.57 Å². The number of hydrogen-bond donors (Lipinski definition) is 1. The van der Waals surface area contributed by atoms with E-state index in [0.29, 0.717) is 9.26 Å². The molecule has 0 saturated heterocycles. The van der Waals surface area contributed by atoms with E-state index in [1.165, 1.54) is 4.57 Å². The first-order valence-corrected chi connectivity index (χ1v) is 6.86. The van der Waals surface area contributed by atoms with Gasteiger partial charge < -0.3 is 5.73 Å². The molecule has 0 unspecified atom stereocenters. The maximum absolute atomic E-state index is 12.3. The summed E-state index contributed by atoms with van der Waals surface area (Å²) in [5.41, 5.74) is 8.24. The zero-order valence-electron chi connectivity index (χ0n) is 10.7. The molecule has 0 aliphatic rings. The molecule has 2 N–H and O–H groups in total. The third kappa shape index (κ3) is 2.86. The average Bonchev–Trinajstić information content (AvgIpc) is 2.39. The second kappa shape index (κ2) is 5.56. The van der Waals surface area contributed by atoms with E-state index in [-0.39, 0.29) is 11.5 Å². The number of halogens is 1. The van der Waals surface area contributed by atoms with Crippen LogP contribution in [0, 0.1) is 3.57 Å². The molecule has 0 radical (unpaired) electrons. The van der Waals surface area contributed by atoms with Crippen LogP contribution in [-0.2, 0) is 0 Å². The molecule has 19 heavy (non-hydrogen) atoms. The largest absolute Gasteiger partial charge is 0.369 e. The zero-order chi connectivity index (χ0) is 14.0. The summed E-state index contributed by atoms with van der Waals surface area (Å²) in [5.74, 6) is 0.200. The van der Waals surface area contributed by atoms with E-state index in [1.807, 2.05) is 66.8 Å². The quantitative estimate of drug-likeness (QED) is 0.831. The van der Waals surface area contributed by atoms with E-state index in [4.69, 9.17) is 5.73 Å². The van der Waals surface area contributed by atoms with E-state index in [9.17, 15) is 4.79 Å². The van der Waals surface area contributed by atoms with Crippen molar-refractivity contribution in [3.63, 3.8) is 0 Å². The van der Waals surface area contributed by atoms with Crippen LogP contribution in [0.5, 0.6) is 0 Å². The van der Waals surface area contributed by atoms with Crippen LogP contribution in [0.25, 0.3) is 17.5 Å². The van der Waals surface area contributed by atoms with Crippen molar-refractivity contribution < 1.29 is 0 Å². The molecule has 0 amide bonds. The molecule has 0 aliphatic carbocycles. The highest BCUT2D eigenvalue weighted by molar-refractivity contribution is 14.1. The molecule has 1 heterocycles. The summed E-state index contributed by atoms with van der Waals surface area (Å²) < 4.78 is 1.94. The molecule has 0 fully saturated rings. The third-order valence-corrected chi connectivity index (χ3v) is 3.49. The van der Waals surface area contributed by atoms with E-state index < -0.39 is 0 Å². The molecular formula is C14H14IN3O. The molecule has 98 valence electrons. The highest BCUT2D eigenvalue weighted by atomic mass is 127. The van der Waals surface area contributed by atoms with Gasteiger partial charge in [0.05, 0.1) is 5.69 Å². The van der Waals surface area contributed by atoms with Crippen molar-refractivity contribution >= 4 is 34.7 Å². The average molecular weight is 367 g/mol. The molecule has 0 bridgehead atoms. The lowest BCUT2D eigenvalue weighted by Crippen LogP contribution is -2.24. The minimum Gasteiger partial charge on any atom is -0.369 e. The fourth-order valence-corrected chi connectivity index (χ4v) is 2.39. The van der Waals surface area contributed by atoms with Crippen molar-refractivity contribution in [1.29, 1.82) is 0 Å². The number of anilines is 1. The first-order chi connectivity index (χ1) is 9.00. The number of allylic oxidation sites excluding steroid dienone is 1. The van der Waals surface area contributed by atoms with E-state index in [2.05, 4.69) is 4.98 Å². The Morgan fingerprint density at radius 3 is 2.53 bits per heavy atom. The molecule has 1 aromatic heterocycles. The molecule has 2 aromatic rings. The van der Waals surface area contributed by atoms with E-state index in [0.717, 1.165) is 11.1 Å². The van der Waals surface area contributed by atoms with Gasteiger partial charge >= 0.3 is 0 Å². The standard InChI is InChI=1S/C14H14IN3O/c1-9(2)8-18-13(19)11(15)12(17-14(18)16)10-6-4-3-5-7-10/h3-8H,1-2H3,(H2,16,17). The number of hydrogen-bond acceptors (Lipinski definition) is 3. The molecule has 1 aromatic carbocycles. The predicted molar refractivity (Wildman–Crippen MR) is 86.7 cm³/mol. The number of nitrogen functional groups attached to an aromatic ring is 1. The Morgan fingerprint density at radius 2 is 1.95 bits per heavy atom. The van der Waals surface area contributed by atoms with Gasteiger partial charge in [0.15, 0.2) is 0 Å². The highest BCUT2D eigenvalue weighted by Crippen LogP contribution is 2.21. The lowest BCUT2D eigenvalue weighted by molar-refractivity contribution is 0.990. The lowest BCUT2D eigenvalue weighted by atomic mass is 10.1. The van der Waals surface area contributed by atoms with Crippen molar-refractivity contribution in [2.24, 2.45) is 0 Å². The monoisotopic (exact) mass is 367 g/mol. The normalized spacial score (nSPS) is 10.3. The number of nitrogens with zero attached hydrogens (tertiary/aromatic N) is 2. The van der Waals surface area contributed by atoms with Crippen molar-refractivity contribution in [2.75, 3.05) is 5.73 Å². The van der Waals surface area contributed by atoms with Crippen LogP contribution >= 0.6 is 22.6 Å². The van der Waals surface area contributed by atoms with Crippen LogP contribution in [0.15, 0.2) is 40.7 Å². The fraction of sp³-hybridized carbons (Fsp3) is 0.143. The zero-order valence-corrected chi connectivity index (χ0v) is 12.9. The van der Waals surface area contributed by atoms with Crippen LogP contribution in [0.4, 0.5) is 5.95 Å². The summed E-state index contributed by atoms with van der Waals surface area (Å²) in [4.78, 5) is 16.7. The summed E-state index contributed by atoms with van der Waals surface area (Å²) in [7, 11) is 0. The minimum absolute atomic E-state index is 0.145. The lowest BCUT2D eigenvalue weighted by Gasteiger charge is -2.09. The topological polar surface area (TPSA) is 60.9 Å². The predicted octanol–water partition coefficient (Wildman–Crippen LogP) is 2.98. The fourth-order valence-electron chi connectivity index (χ4n) is 1.70. The van der Waals surface area contributed by atoms with Gasteiger partial charge in [-0.2, -0.15) is 0 Å². The summed E-state index contributed by atoms with van der Waals surface area (Å²) in [6.07, 6.45) is 1.70. The molecule has 0 saturated carbocycles. The summed E-state index contributed by atoms with van der Waals surface area (Å²) in [6, 6.07) is 9.56. The third-order valence-electron chi connectivity index (χ3n) is 2.52. The van der Waals surface area contributed by atoms with Gasteiger partial charge in [0.25, 0.3) is 5.56 Å². The molecule has 0 spiro atoms. The summed E-state index contributed by atoms with van der Waals surface area (Å²) >= 11 is 2.02. The SMILES string of the molecule is CC(C)=Cn1c(N)nc(-c2ccccc2)c(I)c1=O. The van der Waals surface area contributed by atoms with Crippen LogP contribution < -0.4 is 11.3 Å². The van der Waals surface area contributed by atoms with Gasteiger partial charge in [-0.05, 0) is 36.4 Å². The molecular weight excluding hydrogens is 353 g/mol.